The second-order valence-electron chi connectivity index (χ2n) is 3.54. The summed E-state index contributed by atoms with van der Waals surface area (Å²) in [6.45, 7) is 2.83. The summed E-state index contributed by atoms with van der Waals surface area (Å²) < 4.78 is 27.0. The lowest BCUT2D eigenvalue weighted by molar-refractivity contribution is 0.560. The molecule has 0 radical (unpaired) electrons. The van der Waals surface area contributed by atoms with Gasteiger partial charge in [-0.15, -0.1) is 11.6 Å². The van der Waals surface area contributed by atoms with Gasteiger partial charge < -0.3 is 0 Å². The van der Waals surface area contributed by atoms with Gasteiger partial charge in [0.2, 0.25) is 10.0 Å². The zero-order valence-electron chi connectivity index (χ0n) is 9.19. The highest BCUT2D eigenvalue weighted by molar-refractivity contribution is 7.89. The lowest BCUT2D eigenvalue weighted by Gasteiger charge is -2.05. The molecule has 0 aliphatic carbocycles. The van der Waals surface area contributed by atoms with Crippen molar-refractivity contribution in [3.8, 4) is 0 Å². The molecule has 16 heavy (non-hydrogen) atoms. The Hall–Kier alpha value is -0.590. The van der Waals surface area contributed by atoms with Crippen LogP contribution in [0.5, 0.6) is 0 Å². The van der Waals surface area contributed by atoms with Crippen molar-refractivity contribution >= 4 is 21.6 Å². The van der Waals surface area contributed by atoms with Gasteiger partial charge in [-0.1, -0.05) is 0 Å². The summed E-state index contributed by atoms with van der Waals surface area (Å²) in [7, 11) is -3.18. The maximum Gasteiger partial charge on any atom is 0.211 e. The van der Waals surface area contributed by atoms with Gasteiger partial charge in [0.05, 0.1) is 18.5 Å². The van der Waals surface area contributed by atoms with E-state index in [1.54, 1.807) is 10.9 Å². The van der Waals surface area contributed by atoms with E-state index in [2.05, 4.69) is 9.82 Å². The summed E-state index contributed by atoms with van der Waals surface area (Å²) in [5.74, 6) is 0.438. The Morgan fingerprint density at radius 2 is 2.31 bits per heavy atom. The molecule has 1 N–H and O–H groups in total. The van der Waals surface area contributed by atoms with Gasteiger partial charge in [-0.2, -0.15) is 5.10 Å². The topological polar surface area (TPSA) is 64.0 Å². The van der Waals surface area contributed by atoms with E-state index in [-0.39, 0.29) is 5.75 Å². The van der Waals surface area contributed by atoms with Crippen LogP contribution in [0.4, 0.5) is 0 Å². The molecule has 1 aromatic heterocycles. The molecule has 0 saturated heterocycles. The van der Waals surface area contributed by atoms with Gasteiger partial charge in [0.25, 0.3) is 0 Å². The molecule has 0 aliphatic rings. The van der Waals surface area contributed by atoms with E-state index in [0.717, 1.165) is 5.56 Å². The predicted molar refractivity (Wildman–Crippen MR) is 64.1 cm³/mol. The Morgan fingerprint density at radius 3 is 2.88 bits per heavy atom. The van der Waals surface area contributed by atoms with Gasteiger partial charge in [-0.3, -0.25) is 4.68 Å². The van der Waals surface area contributed by atoms with Crippen molar-refractivity contribution in [2.75, 3.05) is 18.2 Å². The van der Waals surface area contributed by atoms with Crippen LogP contribution in [0.1, 0.15) is 12.0 Å². The number of aromatic nitrogens is 2. The first kappa shape index (κ1) is 13.5. The molecule has 0 unspecified atom stereocenters. The van der Waals surface area contributed by atoms with Gasteiger partial charge in [0.15, 0.2) is 0 Å². The number of rotatable bonds is 7. The normalized spacial score (nSPS) is 11.9. The van der Waals surface area contributed by atoms with Crippen LogP contribution in [-0.2, 0) is 16.6 Å². The third-order valence-corrected chi connectivity index (χ3v) is 3.71. The summed E-state index contributed by atoms with van der Waals surface area (Å²) in [5, 5.41) is 4.06. The molecule has 0 bridgehead atoms. The second kappa shape index (κ2) is 6.22. The molecule has 7 heteroatoms. The van der Waals surface area contributed by atoms with E-state index < -0.39 is 10.0 Å². The highest BCUT2D eigenvalue weighted by atomic mass is 35.5. The lowest BCUT2D eigenvalue weighted by Crippen LogP contribution is -2.29. The van der Waals surface area contributed by atoms with Gasteiger partial charge >= 0.3 is 0 Å². The van der Waals surface area contributed by atoms with E-state index in [1.165, 1.54) is 0 Å². The minimum Gasteiger partial charge on any atom is -0.271 e. The highest BCUT2D eigenvalue weighted by Crippen LogP contribution is 1.95. The predicted octanol–water partition coefficient (Wildman–Crippen LogP) is 0.740. The maximum absolute atomic E-state index is 11.4. The summed E-state index contributed by atoms with van der Waals surface area (Å²) in [4.78, 5) is 0. The van der Waals surface area contributed by atoms with E-state index in [1.807, 2.05) is 13.1 Å². The van der Waals surface area contributed by atoms with Crippen LogP contribution in [0, 0.1) is 6.92 Å². The second-order valence-corrected chi connectivity index (χ2v) is 5.84. The Balaban J connectivity index is 2.29. The van der Waals surface area contributed by atoms with E-state index in [4.69, 9.17) is 11.6 Å². The number of nitrogens with zero attached hydrogens (tertiary/aromatic N) is 2. The number of sulfonamides is 1. The average molecular weight is 266 g/mol. The van der Waals surface area contributed by atoms with Gasteiger partial charge in [0.1, 0.15) is 0 Å². The molecule has 0 fully saturated rings. The quantitative estimate of drug-likeness (QED) is 0.740. The third kappa shape index (κ3) is 4.96. The van der Waals surface area contributed by atoms with Crippen molar-refractivity contribution in [3.63, 3.8) is 0 Å². The summed E-state index contributed by atoms with van der Waals surface area (Å²) in [6, 6.07) is 0. The number of aryl methyl sites for hydroxylation is 1. The number of hydrogen-bond donors (Lipinski definition) is 1. The molecule has 0 atom stereocenters. The molecule has 0 aromatic carbocycles. The zero-order chi connectivity index (χ0) is 12.0. The number of hydrogen-bond acceptors (Lipinski definition) is 3. The number of halogens is 1. The number of nitrogens with one attached hydrogen (secondary N) is 1. The monoisotopic (exact) mass is 265 g/mol. The van der Waals surface area contributed by atoms with Crippen LogP contribution in [0.3, 0.4) is 0 Å². The first-order chi connectivity index (χ1) is 7.53. The molecule has 92 valence electrons. The Morgan fingerprint density at radius 1 is 1.56 bits per heavy atom. The standard InChI is InChI=1S/C9H16ClN3O2S/c1-9-7-11-13(8-9)5-4-12-16(14,15)6-2-3-10/h7-8,12H,2-6H2,1H3. The minimum atomic E-state index is -3.18. The molecule has 5 nitrogen and oxygen atoms in total. The fraction of sp³-hybridized carbons (Fsp3) is 0.667. The van der Waals surface area contributed by atoms with Gasteiger partial charge in [-0.05, 0) is 18.9 Å². The van der Waals surface area contributed by atoms with E-state index in [0.29, 0.717) is 25.4 Å². The van der Waals surface area contributed by atoms with Crippen LogP contribution in [0.2, 0.25) is 0 Å². The fourth-order valence-electron chi connectivity index (χ4n) is 1.22. The van der Waals surface area contributed by atoms with Crippen molar-refractivity contribution in [1.82, 2.24) is 14.5 Å². The van der Waals surface area contributed by atoms with E-state index in [9.17, 15) is 8.42 Å². The first-order valence-corrected chi connectivity index (χ1v) is 7.24. The summed E-state index contributed by atoms with van der Waals surface area (Å²) >= 11 is 5.43. The molecule has 1 rings (SSSR count). The minimum absolute atomic E-state index is 0.0780. The Kier molecular flexibility index (Phi) is 5.24. The molecular formula is C9H16ClN3O2S. The number of alkyl halides is 1. The molecule has 0 saturated carbocycles. The average Bonchev–Trinajstić information content (AvgIpc) is 2.61. The lowest BCUT2D eigenvalue weighted by atomic mass is 10.4. The molecule has 1 heterocycles. The fourth-order valence-corrected chi connectivity index (χ4v) is 2.58. The molecule has 0 aliphatic heterocycles. The molecule has 0 amide bonds. The van der Waals surface area contributed by atoms with Gasteiger partial charge in [-0.25, -0.2) is 13.1 Å². The SMILES string of the molecule is Cc1cnn(CCNS(=O)(=O)CCCCl)c1. The largest absolute Gasteiger partial charge is 0.271 e. The maximum atomic E-state index is 11.4. The smallest absolute Gasteiger partial charge is 0.211 e. The highest BCUT2D eigenvalue weighted by Gasteiger charge is 2.08. The summed E-state index contributed by atoms with van der Waals surface area (Å²) in [5.41, 5.74) is 1.06. The molecular weight excluding hydrogens is 250 g/mol. The van der Waals surface area contributed by atoms with Crippen LogP contribution >= 0.6 is 11.6 Å². The summed E-state index contributed by atoms with van der Waals surface area (Å²) in [6.07, 6.45) is 4.08. The zero-order valence-corrected chi connectivity index (χ0v) is 10.8. The van der Waals surface area contributed by atoms with Crippen molar-refractivity contribution in [1.29, 1.82) is 0 Å². The van der Waals surface area contributed by atoms with Crippen LogP contribution in [0.15, 0.2) is 12.4 Å². The van der Waals surface area contributed by atoms with Crippen molar-refractivity contribution in [2.45, 2.75) is 19.9 Å². The molecule has 0 spiro atoms. The third-order valence-electron chi connectivity index (χ3n) is 1.97. The van der Waals surface area contributed by atoms with Crippen LogP contribution in [0.25, 0.3) is 0 Å². The van der Waals surface area contributed by atoms with Crippen molar-refractivity contribution in [3.05, 3.63) is 18.0 Å². The molecule has 1 aromatic rings. The van der Waals surface area contributed by atoms with Crippen molar-refractivity contribution < 1.29 is 8.42 Å². The van der Waals surface area contributed by atoms with Crippen LogP contribution in [-0.4, -0.2) is 36.4 Å². The van der Waals surface area contributed by atoms with Crippen molar-refractivity contribution in [2.24, 2.45) is 0 Å². The van der Waals surface area contributed by atoms with Crippen LogP contribution < -0.4 is 4.72 Å². The van der Waals surface area contributed by atoms with Gasteiger partial charge in [0, 0.05) is 18.6 Å². The Bertz CT molecular complexity index is 416. The first-order valence-electron chi connectivity index (χ1n) is 5.06. The Labute approximate surface area is 101 Å². The van der Waals surface area contributed by atoms with E-state index >= 15 is 0 Å².